The number of amides is 2. The van der Waals surface area contributed by atoms with Crippen LogP contribution in [0, 0.1) is 0 Å². The minimum absolute atomic E-state index is 0.125. The van der Waals surface area contributed by atoms with E-state index >= 15 is 0 Å². The molecule has 2 aromatic rings. The highest BCUT2D eigenvalue weighted by atomic mass is 35.5. The standard InChI is InChI=1S/C15H14Cl2N2O2S/c16-11-3-1-4-12(14(11)17)19-13(20)5-2-7-18-15(21)10-6-8-22-9-10/h1,3-4,6,8-9H,2,5,7H2,(H,18,21)(H,19,20). The van der Waals surface area contributed by atoms with E-state index in [-0.39, 0.29) is 18.2 Å². The van der Waals surface area contributed by atoms with Crippen LogP contribution >= 0.6 is 34.5 Å². The molecule has 1 aromatic heterocycles. The van der Waals surface area contributed by atoms with E-state index in [1.165, 1.54) is 11.3 Å². The van der Waals surface area contributed by atoms with Crippen molar-refractivity contribution in [3.63, 3.8) is 0 Å². The number of anilines is 1. The number of hydrogen-bond donors (Lipinski definition) is 2. The van der Waals surface area contributed by atoms with E-state index < -0.39 is 0 Å². The monoisotopic (exact) mass is 356 g/mol. The van der Waals surface area contributed by atoms with Gasteiger partial charge in [-0.25, -0.2) is 0 Å². The predicted octanol–water partition coefficient (Wildman–Crippen LogP) is 4.20. The van der Waals surface area contributed by atoms with Crippen molar-refractivity contribution in [2.75, 3.05) is 11.9 Å². The van der Waals surface area contributed by atoms with E-state index in [2.05, 4.69) is 10.6 Å². The molecule has 4 nitrogen and oxygen atoms in total. The first-order valence-corrected chi connectivity index (χ1v) is 8.32. The maximum absolute atomic E-state index is 11.8. The molecule has 2 rings (SSSR count). The van der Waals surface area contributed by atoms with Crippen LogP contribution in [-0.4, -0.2) is 18.4 Å². The molecule has 0 aliphatic rings. The second-order valence-electron chi connectivity index (χ2n) is 4.52. The van der Waals surface area contributed by atoms with Gasteiger partial charge >= 0.3 is 0 Å². The second kappa shape index (κ2) is 8.17. The highest BCUT2D eigenvalue weighted by molar-refractivity contribution is 7.08. The lowest BCUT2D eigenvalue weighted by Gasteiger charge is -2.08. The van der Waals surface area contributed by atoms with Gasteiger partial charge in [0.1, 0.15) is 0 Å². The van der Waals surface area contributed by atoms with Crippen LogP contribution in [0.5, 0.6) is 0 Å². The third kappa shape index (κ3) is 4.73. The van der Waals surface area contributed by atoms with Gasteiger partial charge in [0.05, 0.1) is 15.7 Å². The molecule has 0 atom stereocenters. The zero-order valence-electron chi connectivity index (χ0n) is 11.6. The first-order valence-electron chi connectivity index (χ1n) is 6.62. The fourth-order valence-electron chi connectivity index (χ4n) is 1.76. The molecule has 2 amide bonds. The van der Waals surface area contributed by atoms with E-state index in [0.717, 1.165) is 0 Å². The smallest absolute Gasteiger partial charge is 0.252 e. The van der Waals surface area contributed by atoms with Crippen molar-refractivity contribution in [2.24, 2.45) is 0 Å². The van der Waals surface area contributed by atoms with Gasteiger partial charge < -0.3 is 10.6 Å². The van der Waals surface area contributed by atoms with Crippen molar-refractivity contribution >= 4 is 52.0 Å². The van der Waals surface area contributed by atoms with E-state index in [4.69, 9.17) is 23.2 Å². The maximum atomic E-state index is 11.8. The van der Waals surface area contributed by atoms with Crippen molar-refractivity contribution in [1.82, 2.24) is 5.32 Å². The number of carbonyl (C=O) groups is 2. The van der Waals surface area contributed by atoms with Crippen LogP contribution in [0.2, 0.25) is 10.0 Å². The molecule has 0 aliphatic carbocycles. The summed E-state index contributed by atoms with van der Waals surface area (Å²) in [5.41, 5.74) is 1.13. The van der Waals surface area contributed by atoms with E-state index in [1.807, 2.05) is 5.38 Å². The number of carbonyl (C=O) groups excluding carboxylic acids is 2. The fourth-order valence-corrected chi connectivity index (χ4v) is 2.74. The SMILES string of the molecule is O=C(CCCNC(=O)c1ccsc1)Nc1cccc(Cl)c1Cl. The van der Waals surface area contributed by atoms with E-state index in [1.54, 1.807) is 29.6 Å². The van der Waals surface area contributed by atoms with Crippen LogP contribution in [0.1, 0.15) is 23.2 Å². The van der Waals surface area contributed by atoms with Gasteiger partial charge in [0.15, 0.2) is 0 Å². The summed E-state index contributed by atoms with van der Waals surface area (Å²) in [5.74, 6) is -0.298. The fraction of sp³-hybridized carbons (Fsp3) is 0.200. The van der Waals surface area contributed by atoms with Crippen molar-refractivity contribution in [1.29, 1.82) is 0 Å². The van der Waals surface area contributed by atoms with Gasteiger partial charge in [0, 0.05) is 23.9 Å². The van der Waals surface area contributed by atoms with Crippen LogP contribution in [0.4, 0.5) is 5.69 Å². The molecular formula is C15H14Cl2N2O2S. The first kappa shape index (κ1) is 16.8. The Morgan fingerprint density at radius 2 is 2.00 bits per heavy atom. The van der Waals surface area contributed by atoms with Crippen LogP contribution in [0.3, 0.4) is 0 Å². The first-order chi connectivity index (χ1) is 10.6. The Balaban J connectivity index is 1.72. The number of benzene rings is 1. The molecule has 0 saturated carbocycles. The predicted molar refractivity (Wildman–Crippen MR) is 91.0 cm³/mol. The number of nitrogens with one attached hydrogen (secondary N) is 2. The van der Waals surface area contributed by atoms with E-state index in [9.17, 15) is 9.59 Å². The van der Waals surface area contributed by atoms with Gasteiger partial charge in [-0.1, -0.05) is 29.3 Å². The van der Waals surface area contributed by atoms with Crippen molar-refractivity contribution in [2.45, 2.75) is 12.8 Å². The molecule has 0 spiro atoms. The molecule has 1 aromatic carbocycles. The Kier molecular flexibility index (Phi) is 6.24. The number of rotatable bonds is 6. The van der Waals surface area contributed by atoms with Crippen LogP contribution in [0.25, 0.3) is 0 Å². The average Bonchev–Trinajstić information content (AvgIpc) is 3.02. The van der Waals surface area contributed by atoms with Gasteiger partial charge in [-0.3, -0.25) is 9.59 Å². The lowest BCUT2D eigenvalue weighted by Crippen LogP contribution is -2.25. The molecule has 0 fully saturated rings. The molecule has 22 heavy (non-hydrogen) atoms. The molecule has 7 heteroatoms. The molecular weight excluding hydrogens is 343 g/mol. The summed E-state index contributed by atoms with van der Waals surface area (Å²) in [5, 5.41) is 9.80. The molecule has 0 radical (unpaired) electrons. The molecule has 0 saturated heterocycles. The molecule has 0 bridgehead atoms. The molecule has 1 heterocycles. The third-order valence-electron chi connectivity index (χ3n) is 2.88. The Morgan fingerprint density at radius 3 is 2.73 bits per heavy atom. The lowest BCUT2D eigenvalue weighted by molar-refractivity contribution is -0.116. The van der Waals surface area contributed by atoms with Gasteiger partial charge in [0.2, 0.25) is 5.91 Å². The summed E-state index contributed by atoms with van der Waals surface area (Å²) in [6.45, 7) is 0.436. The van der Waals surface area contributed by atoms with Gasteiger partial charge in [-0.2, -0.15) is 11.3 Å². The summed E-state index contributed by atoms with van der Waals surface area (Å²) in [6.07, 6.45) is 0.826. The molecule has 116 valence electrons. The highest BCUT2D eigenvalue weighted by Gasteiger charge is 2.09. The van der Waals surface area contributed by atoms with Gasteiger partial charge in [-0.15, -0.1) is 0 Å². The maximum Gasteiger partial charge on any atom is 0.252 e. The van der Waals surface area contributed by atoms with Crippen LogP contribution in [-0.2, 0) is 4.79 Å². The Bertz CT molecular complexity index is 660. The Hall–Kier alpha value is -1.56. The van der Waals surface area contributed by atoms with Gasteiger partial charge in [-0.05, 0) is 30.0 Å². The largest absolute Gasteiger partial charge is 0.352 e. The highest BCUT2D eigenvalue weighted by Crippen LogP contribution is 2.29. The Morgan fingerprint density at radius 1 is 1.18 bits per heavy atom. The third-order valence-corrected chi connectivity index (χ3v) is 4.38. The van der Waals surface area contributed by atoms with Crippen molar-refractivity contribution in [3.8, 4) is 0 Å². The average molecular weight is 357 g/mol. The Labute approximate surface area is 142 Å². The summed E-state index contributed by atoms with van der Waals surface area (Å²) < 4.78 is 0. The zero-order chi connectivity index (χ0) is 15.9. The number of thiophene rings is 1. The van der Waals surface area contributed by atoms with Gasteiger partial charge in [0.25, 0.3) is 5.91 Å². The number of hydrogen-bond acceptors (Lipinski definition) is 3. The summed E-state index contributed by atoms with van der Waals surface area (Å²) >= 11 is 13.3. The molecule has 2 N–H and O–H groups in total. The van der Waals surface area contributed by atoms with Crippen LogP contribution < -0.4 is 10.6 Å². The minimum Gasteiger partial charge on any atom is -0.352 e. The van der Waals surface area contributed by atoms with E-state index in [0.29, 0.717) is 34.3 Å². The van der Waals surface area contributed by atoms with Crippen molar-refractivity contribution in [3.05, 3.63) is 50.6 Å². The normalized spacial score (nSPS) is 10.3. The molecule has 0 unspecified atom stereocenters. The number of halogens is 2. The lowest BCUT2D eigenvalue weighted by atomic mass is 10.2. The van der Waals surface area contributed by atoms with Crippen molar-refractivity contribution < 1.29 is 9.59 Å². The summed E-state index contributed by atoms with van der Waals surface area (Å²) in [7, 11) is 0. The van der Waals surface area contributed by atoms with Crippen LogP contribution in [0.15, 0.2) is 35.0 Å². The topological polar surface area (TPSA) is 58.2 Å². The summed E-state index contributed by atoms with van der Waals surface area (Å²) in [4.78, 5) is 23.5. The summed E-state index contributed by atoms with van der Waals surface area (Å²) in [6, 6.07) is 6.81. The zero-order valence-corrected chi connectivity index (χ0v) is 13.9. The minimum atomic E-state index is -0.172. The molecule has 0 aliphatic heterocycles. The quantitative estimate of drug-likeness (QED) is 0.761. The second-order valence-corrected chi connectivity index (χ2v) is 6.09.